The van der Waals surface area contributed by atoms with Crippen LogP contribution in [0.4, 0.5) is 13.2 Å². The summed E-state index contributed by atoms with van der Waals surface area (Å²) in [5, 5.41) is 4.18. The van der Waals surface area contributed by atoms with Crippen LogP contribution in [0.1, 0.15) is 28.9 Å². The van der Waals surface area contributed by atoms with E-state index in [1.54, 1.807) is 4.90 Å². The van der Waals surface area contributed by atoms with Gasteiger partial charge in [-0.15, -0.1) is 0 Å². The minimum Gasteiger partial charge on any atom is -0.493 e. The molecular weight excluding hydrogens is 455 g/mol. The molecule has 0 atom stereocenters. The van der Waals surface area contributed by atoms with Crippen LogP contribution in [0.5, 0.6) is 5.75 Å². The number of alkyl halides is 3. The van der Waals surface area contributed by atoms with Crippen molar-refractivity contribution >= 4 is 17.7 Å². The van der Waals surface area contributed by atoms with E-state index in [1.165, 1.54) is 35.2 Å². The summed E-state index contributed by atoms with van der Waals surface area (Å²) in [7, 11) is 1.34. The first-order valence-electron chi connectivity index (χ1n) is 10.9. The molecule has 1 aromatic heterocycles. The highest BCUT2D eigenvalue weighted by Gasteiger charge is 2.34. The molecule has 0 N–H and O–H groups in total. The average Bonchev–Trinajstić information content (AvgIpc) is 3.53. The summed E-state index contributed by atoms with van der Waals surface area (Å²) >= 11 is 0. The van der Waals surface area contributed by atoms with Gasteiger partial charge in [0.15, 0.2) is 11.4 Å². The van der Waals surface area contributed by atoms with Gasteiger partial charge in [-0.3, -0.25) is 14.4 Å². The van der Waals surface area contributed by atoms with Gasteiger partial charge >= 0.3 is 18.0 Å². The molecule has 4 rings (SSSR count). The molecule has 2 aliphatic rings. The first-order valence-corrected chi connectivity index (χ1v) is 10.9. The number of halogens is 3. The smallest absolute Gasteiger partial charge is 0.416 e. The number of likely N-dealkylation sites (tertiary alicyclic amines) is 1. The van der Waals surface area contributed by atoms with E-state index in [9.17, 15) is 27.6 Å². The lowest BCUT2D eigenvalue weighted by Gasteiger charge is -2.34. The number of methoxy groups -OCH3 is 1. The molecule has 3 heterocycles. The van der Waals surface area contributed by atoms with Crippen LogP contribution in [0.3, 0.4) is 0 Å². The lowest BCUT2D eigenvalue weighted by molar-refractivity contribution is -0.152. The molecule has 12 heteroatoms. The Hall–Kier alpha value is -3.57. The number of hydrogen-bond donors (Lipinski definition) is 0. The van der Waals surface area contributed by atoms with Crippen molar-refractivity contribution in [2.24, 2.45) is 0 Å². The van der Waals surface area contributed by atoms with Gasteiger partial charge in [0.25, 0.3) is 5.91 Å². The molecule has 0 saturated carbocycles. The lowest BCUT2D eigenvalue weighted by Crippen LogP contribution is -2.54. The van der Waals surface area contributed by atoms with E-state index in [0.29, 0.717) is 13.1 Å². The molecule has 0 unspecified atom stereocenters. The molecule has 0 spiro atoms. The van der Waals surface area contributed by atoms with E-state index in [1.807, 2.05) is 0 Å². The van der Waals surface area contributed by atoms with Gasteiger partial charge in [0, 0.05) is 39.3 Å². The number of aromatic nitrogens is 2. The van der Waals surface area contributed by atoms with E-state index in [0.717, 1.165) is 29.7 Å². The summed E-state index contributed by atoms with van der Waals surface area (Å²) < 4.78 is 45.6. The third-order valence-corrected chi connectivity index (χ3v) is 5.97. The molecule has 182 valence electrons. The Bertz CT molecular complexity index is 1090. The molecule has 1 aromatic carbocycles. The third kappa shape index (κ3) is 4.70. The highest BCUT2D eigenvalue weighted by atomic mass is 19.4. The van der Waals surface area contributed by atoms with E-state index in [4.69, 9.17) is 4.74 Å². The van der Waals surface area contributed by atoms with Crippen LogP contribution in [-0.4, -0.2) is 88.6 Å². The Balaban J connectivity index is 1.45. The Morgan fingerprint density at radius 2 is 1.50 bits per heavy atom. The minimum atomic E-state index is -4.51. The fraction of sp³-hybridized carbons (Fsp3) is 0.455. The molecule has 2 aliphatic heterocycles. The average molecular weight is 479 g/mol. The van der Waals surface area contributed by atoms with E-state index < -0.39 is 29.5 Å². The number of piperazine rings is 1. The summed E-state index contributed by atoms with van der Waals surface area (Å²) in [5.74, 6) is -1.44. The number of ether oxygens (including phenoxy) is 1. The first-order chi connectivity index (χ1) is 16.2. The number of nitrogens with zero attached hydrogens (tertiary/aromatic N) is 5. The Morgan fingerprint density at radius 3 is 2.09 bits per heavy atom. The van der Waals surface area contributed by atoms with E-state index in [2.05, 4.69) is 5.10 Å². The number of hydrogen-bond acceptors (Lipinski definition) is 5. The SMILES string of the molecule is COc1cn(-c2cccc(C(F)(F)F)c2)nc1C(=O)N1CCN(C(=O)C(=O)N2CCCC2)CC1. The fourth-order valence-corrected chi connectivity index (χ4v) is 4.07. The quantitative estimate of drug-likeness (QED) is 0.627. The molecule has 34 heavy (non-hydrogen) atoms. The first kappa shape index (κ1) is 23.6. The zero-order valence-electron chi connectivity index (χ0n) is 18.5. The van der Waals surface area contributed by atoms with Crippen molar-refractivity contribution in [3.8, 4) is 11.4 Å². The van der Waals surface area contributed by atoms with Gasteiger partial charge in [-0.05, 0) is 31.0 Å². The second-order valence-corrected chi connectivity index (χ2v) is 8.12. The predicted octanol–water partition coefficient (Wildman–Crippen LogP) is 1.81. The second-order valence-electron chi connectivity index (χ2n) is 8.12. The molecule has 2 aromatic rings. The monoisotopic (exact) mass is 479 g/mol. The summed E-state index contributed by atoms with van der Waals surface area (Å²) in [6, 6.07) is 4.58. The number of carbonyl (C=O) groups is 3. The maximum absolute atomic E-state index is 13.1. The van der Waals surface area contributed by atoms with Crippen LogP contribution < -0.4 is 4.74 Å². The van der Waals surface area contributed by atoms with Crippen LogP contribution >= 0.6 is 0 Å². The standard InChI is InChI=1S/C22H24F3N5O4/c1-34-17-14-30(16-6-4-5-15(13-16)22(23,24)25)26-18(17)19(31)28-9-11-29(12-10-28)21(33)20(32)27-7-2-3-8-27/h4-6,13-14H,2-3,7-12H2,1H3. The zero-order valence-corrected chi connectivity index (χ0v) is 18.5. The fourth-order valence-electron chi connectivity index (χ4n) is 4.07. The Morgan fingerprint density at radius 1 is 0.912 bits per heavy atom. The largest absolute Gasteiger partial charge is 0.493 e. The number of rotatable bonds is 3. The van der Waals surface area contributed by atoms with Crippen LogP contribution in [0.2, 0.25) is 0 Å². The zero-order chi connectivity index (χ0) is 24.5. The van der Waals surface area contributed by atoms with Crippen LogP contribution in [0.25, 0.3) is 5.69 Å². The topological polar surface area (TPSA) is 88.0 Å². The Kier molecular flexibility index (Phi) is 6.49. The summed E-state index contributed by atoms with van der Waals surface area (Å²) in [5.41, 5.74) is -0.757. The highest BCUT2D eigenvalue weighted by molar-refractivity contribution is 6.35. The molecule has 2 saturated heterocycles. The van der Waals surface area contributed by atoms with Crippen LogP contribution in [-0.2, 0) is 15.8 Å². The van der Waals surface area contributed by atoms with Gasteiger partial charge < -0.3 is 19.4 Å². The molecule has 0 aliphatic carbocycles. The highest BCUT2D eigenvalue weighted by Crippen LogP contribution is 2.31. The molecule has 0 radical (unpaired) electrons. The molecule has 3 amide bonds. The van der Waals surface area contributed by atoms with Crippen molar-refractivity contribution in [3.63, 3.8) is 0 Å². The van der Waals surface area contributed by atoms with Crippen molar-refractivity contribution in [2.45, 2.75) is 19.0 Å². The predicted molar refractivity (Wildman–Crippen MR) is 113 cm³/mol. The van der Waals surface area contributed by atoms with Gasteiger partial charge in [0.05, 0.1) is 24.6 Å². The molecule has 2 fully saturated rings. The van der Waals surface area contributed by atoms with Gasteiger partial charge in [-0.1, -0.05) is 6.07 Å². The van der Waals surface area contributed by atoms with Gasteiger partial charge in [-0.2, -0.15) is 18.3 Å². The number of benzene rings is 1. The summed E-state index contributed by atoms with van der Waals surface area (Å²) in [6.45, 7) is 1.94. The maximum atomic E-state index is 13.1. The minimum absolute atomic E-state index is 0.0483. The summed E-state index contributed by atoms with van der Waals surface area (Å²) in [6.07, 6.45) is -1.40. The van der Waals surface area contributed by atoms with Crippen LogP contribution in [0.15, 0.2) is 30.5 Å². The normalized spacial score (nSPS) is 16.6. The van der Waals surface area contributed by atoms with Crippen molar-refractivity contribution in [1.29, 1.82) is 0 Å². The van der Waals surface area contributed by atoms with Crippen molar-refractivity contribution in [1.82, 2.24) is 24.5 Å². The third-order valence-electron chi connectivity index (χ3n) is 5.97. The van der Waals surface area contributed by atoms with Crippen LogP contribution in [0, 0.1) is 0 Å². The van der Waals surface area contributed by atoms with Crippen molar-refractivity contribution in [3.05, 3.63) is 41.7 Å². The van der Waals surface area contributed by atoms with Crippen molar-refractivity contribution in [2.75, 3.05) is 46.4 Å². The molecule has 0 bridgehead atoms. The summed E-state index contributed by atoms with van der Waals surface area (Å²) in [4.78, 5) is 42.4. The van der Waals surface area contributed by atoms with Gasteiger partial charge in [0.1, 0.15) is 0 Å². The second kappa shape index (κ2) is 9.35. The number of carbonyl (C=O) groups excluding carboxylic acids is 3. The Labute approximate surface area is 193 Å². The van der Waals surface area contributed by atoms with Gasteiger partial charge in [-0.25, -0.2) is 4.68 Å². The van der Waals surface area contributed by atoms with E-state index >= 15 is 0 Å². The lowest BCUT2D eigenvalue weighted by atomic mass is 10.2. The number of amides is 3. The molecule has 9 nitrogen and oxygen atoms in total. The van der Waals surface area contributed by atoms with E-state index in [-0.39, 0.29) is 43.3 Å². The molecular formula is C22H24F3N5O4. The van der Waals surface area contributed by atoms with Crippen molar-refractivity contribution < 1.29 is 32.3 Å². The van der Waals surface area contributed by atoms with Gasteiger partial charge in [0.2, 0.25) is 0 Å². The maximum Gasteiger partial charge on any atom is 0.416 e.